The Bertz CT molecular complexity index is 1360. The predicted molar refractivity (Wildman–Crippen MR) is 130 cm³/mol. The average molecular weight is 520 g/mol. The summed E-state index contributed by atoms with van der Waals surface area (Å²) in [7, 11) is -7.59. The average Bonchev–Trinajstić information content (AvgIpc) is 2.82. The lowest BCUT2D eigenvalue weighted by Crippen LogP contribution is -2.28. The van der Waals surface area contributed by atoms with Crippen molar-refractivity contribution in [3.05, 3.63) is 78.4 Å². The third kappa shape index (κ3) is 7.70. The van der Waals surface area contributed by atoms with Crippen LogP contribution in [0.5, 0.6) is 11.5 Å². The van der Waals surface area contributed by atoms with E-state index < -0.39 is 26.0 Å². The molecule has 0 aliphatic heterocycles. The summed E-state index contributed by atoms with van der Waals surface area (Å²) < 4.78 is 61.0. The van der Waals surface area contributed by atoms with E-state index in [4.69, 9.17) is 14.6 Å². The maximum atomic E-state index is 12.6. The molecule has 1 amide bonds. The number of carbonyl (C=O) groups is 1. The van der Waals surface area contributed by atoms with Gasteiger partial charge in [0.05, 0.1) is 16.4 Å². The largest absolute Gasteiger partial charge is 0.494 e. The molecule has 0 heterocycles. The van der Waals surface area contributed by atoms with Gasteiger partial charge in [0.1, 0.15) is 11.5 Å². The van der Waals surface area contributed by atoms with Crippen LogP contribution in [0.25, 0.3) is 0 Å². The lowest BCUT2D eigenvalue weighted by Gasteiger charge is -2.11. The van der Waals surface area contributed by atoms with Gasteiger partial charge < -0.3 is 14.8 Å². The molecule has 35 heavy (non-hydrogen) atoms. The van der Waals surface area contributed by atoms with Gasteiger partial charge in [-0.2, -0.15) is 0 Å². The van der Waals surface area contributed by atoms with Crippen LogP contribution in [0.4, 0.5) is 5.69 Å². The molecule has 0 radical (unpaired) electrons. The van der Waals surface area contributed by atoms with Gasteiger partial charge in [-0.1, -0.05) is 12.1 Å². The number of primary sulfonamides is 1. The molecule has 0 aliphatic carbocycles. The molecule has 4 N–H and O–H groups in total. The molecule has 0 saturated heterocycles. The maximum Gasteiger partial charge on any atom is 0.261 e. The number of rotatable bonds is 11. The van der Waals surface area contributed by atoms with Gasteiger partial charge in [-0.15, -0.1) is 0 Å². The van der Waals surface area contributed by atoms with E-state index in [-0.39, 0.29) is 22.9 Å². The second kappa shape index (κ2) is 11.2. The fraction of sp³-hybridized carbons (Fsp3) is 0.174. The second-order valence-corrected chi connectivity index (χ2v) is 10.5. The minimum Gasteiger partial charge on any atom is -0.494 e. The minimum atomic E-state index is -3.81. The highest BCUT2D eigenvalue weighted by molar-refractivity contribution is 7.92. The highest BCUT2D eigenvalue weighted by Gasteiger charge is 2.15. The first-order valence-electron chi connectivity index (χ1n) is 10.4. The zero-order valence-electron chi connectivity index (χ0n) is 18.8. The Morgan fingerprint density at radius 1 is 0.800 bits per heavy atom. The fourth-order valence-electron chi connectivity index (χ4n) is 2.91. The molecule has 3 aromatic rings. The summed E-state index contributed by atoms with van der Waals surface area (Å²) >= 11 is 0. The summed E-state index contributed by atoms with van der Waals surface area (Å²) in [6.07, 6.45) is 0. The van der Waals surface area contributed by atoms with Crippen molar-refractivity contribution in [3.63, 3.8) is 0 Å². The lowest BCUT2D eigenvalue weighted by molar-refractivity contribution is -0.123. The summed E-state index contributed by atoms with van der Waals surface area (Å²) in [5.41, 5.74) is 1.07. The van der Waals surface area contributed by atoms with E-state index in [1.165, 1.54) is 36.4 Å². The molecule has 0 aliphatic rings. The molecular weight excluding hydrogens is 494 g/mol. The molecule has 0 fully saturated rings. The van der Waals surface area contributed by atoms with E-state index in [0.29, 0.717) is 29.4 Å². The number of anilines is 1. The number of carbonyl (C=O) groups excluding carboxylic acids is 1. The predicted octanol–water partition coefficient (Wildman–Crippen LogP) is 2.23. The molecule has 3 rings (SSSR count). The fourth-order valence-corrected chi connectivity index (χ4v) is 4.49. The normalized spacial score (nSPS) is 11.5. The Hall–Kier alpha value is -3.61. The standard InChI is InChI=1S/C23H25N3O7S2/c1-2-32-19-7-5-18(6-8-19)26-35(30,31)22-13-9-20(10-14-22)33-16-23(27)25-15-17-3-11-21(12-4-17)34(24,28)29/h3-14,26H,2,15-16H2,1H3,(H,25,27)(H2,24,28,29). The molecule has 0 bridgehead atoms. The highest BCUT2D eigenvalue weighted by atomic mass is 32.2. The van der Waals surface area contributed by atoms with E-state index in [1.54, 1.807) is 36.4 Å². The Balaban J connectivity index is 1.50. The van der Waals surface area contributed by atoms with Crippen molar-refractivity contribution in [1.29, 1.82) is 0 Å². The Morgan fingerprint density at radius 3 is 1.91 bits per heavy atom. The van der Waals surface area contributed by atoms with Crippen LogP contribution in [-0.2, 0) is 31.4 Å². The SMILES string of the molecule is CCOc1ccc(NS(=O)(=O)c2ccc(OCC(=O)NCc3ccc(S(N)(=O)=O)cc3)cc2)cc1. The maximum absolute atomic E-state index is 12.6. The quantitative estimate of drug-likeness (QED) is 0.351. The van der Waals surface area contributed by atoms with Gasteiger partial charge >= 0.3 is 0 Å². The number of benzene rings is 3. The smallest absolute Gasteiger partial charge is 0.261 e. The third-order valence-electron chi connectivity index (χ3n) is 4.66. The van der Waals surface area contributed by atoms with Crippen LogP contribution < -0.4 is 24.7 Å². The number of hydrogen-bond donors (Lipinski definition) is 3. The number of hydrogen-bond acceptors (Lipinski definition) is 7. The monoisotopic (exact) mass is 519 g/mol. The Kier molecular flexibility index (Phi) is 8.33. The van der Waals surface area contributed by atoms with Crippen LogP contribution in [0, 0.1) is 0 Å². The van der Waals surface area contributed by atoms with Gasteiger partial charge in [0.25, 0.3) is 15.9 Å². The van der Waals surface area contributed by atoms with Crippen molar-refractivity contribution in [2.24, 2.45) is 5.14 Å². The van der Waals surface area contributed by atoms with Crippen molar-refractivity contribution in [2.75, 3.05) is 17.9 Å². The highest BCUT2D eigenvalue weighted by Crippen LogP contribution is 2.21. The summed E-state index contributed by atoms with van der Waals surface area (Å²) in [6, 6.07) is 18.0. The van der Waals surface area contributed by atoms with Crippen molar-refractivity contribution in [1.82, 2.24) is 5.32 Å². The van der Waals surface area contributed by atoms with Gasteiger partial charge in [-0.3, -0.25) is 9.52 Å². The summed E-state index contributed by atoms with van der Waals surface area (Å²) in [6.45, 7) is 2.25. The van der Waals surface area contributed by atoms with Crippen LogP contribution >= 0.6 is 0 Å². The Morgan fingerprint density at radius 2 is 1.34 bits per heavy atom. The van der Waals surface area contributed by atoms with E-state index in [1.807, 2.05) is 6.92 Å². The van der Waals surface area contributed by atoms with E-state index in [2.05, 4.69) is 10.0 Å². The molecule has 3 aromatic carbocycles. The van der Waals surface area contributed by atoms with Gasteiger partial charge in [0.15, 0.2) is 6.61 Å². The van der Waals surface area contributed by atoms with Crippen LogP contribution in [0.2, 0.25) is 0 Å². The second-order valence-electron chi connectivity index (χ2n) is 7.29. The molecule has 0 spiro atoms. The number of ether oxygens (including phenoxy) is 2. The number of nitrogens with two attached hydrogens (primary N) is 1. The molecule has 0 saturated carbocycles. The zero-order chi connectivity index (χ0) is 25.5. The van der Waals surface area contributed by atoms with Gasteiger partial charge in [0.2, 0.25) is 10.0 Å². The summed E-state index contributed by atoms with van der Waals surface area (Å²) in [5.74, 6) is 0.549. The van der Waals surface area contributed by atoms with Crippen LogP contribution in [0.15, 0.2) is 82.6 Å². The van der Waals surface area contributed by atoms with Crippen molar-refractivity contribution < 1.29 is 31.1 Å². The molecule has 0 unspecified atom stereocenters. The minimum absolute atomic E-state index is 0.0175. The molecule has 0 atom stereocenters. The molecule has 12 heteroatoms. The van der Waals surface area contributed by atoms with E-state index in [9.17, 15) is 21.6 Å². The lowest BCUT2D eigenvalue weighted by atomic mass is 10.2. The van der Waals surface area contributed by atoms with Gasteiger partial charge in [0, 0.05) is 12.2 Å². The van der Waals surface area contributed by atoms with Crippen LogP contribution in [-0.4, -0.2) is 36.0 Å². The van der Waals surface area contributed by atoms with Crippen LogP contribution in [0.1, 0.15) is 12.5 Å². The van der Waals surface area contributed by atoms with Crippen LogP contribution in [0.3, 0.4) is 0 Å². The van der Waals surface area contributed by atoms with Crippen molar-refractivity contribution in [3.8, 4) is 11.5 Å². The number of nitrogens with one attached hydrogen (secondary N) is 2. The summed E-state index contributed by atoms with van der Waals surface area (Å²) in [4.78, 5) is 12.1. The first kappa shape index (κ1) is 26.0. The molecular formula is C23H25N3O7S2. The third-order valence-corrected chi connectivity index (χ3v) is 6.99. The molecule has 0 aromatic heterocycles. The van der Waals surface area contributed by atoms with Crippen molar-refractivity contribution in [2.45, 2.75) is 23.3 Å². The van der Waals surface area contributed by atoms with Crippen molar-refractivity contribution >= 4 is 31.6 Å². The van der Waals surface area contributed by atoms with Gasteiger partial charge in [-0.25, -0.2) is 22.0 Å². The van der Waals surface area contributed by atoms with Gasteiger partial charge in [-0.05, 0) is 73.2 Å². The molecule has 10 nitrogen and oxygen atoms in total. The number of sulfonamides is 2. The Labute approximate surface area is 204 Å². The van der Waals surface area contributed by atoms with E-state index >= 15 is 0 Å². The topological polar surface area (TPSA) is 154 Å². The number of amides is 1. The summed E-state index contributed by atoms with van der Waals surface area (Å²) in [5, 5.41) is 7.69. The zero-order valence-corrected chi connectivity index (χ0v) is 20.4. The first-order chi connectivity index (χ1) is 16.6. The first-order valence-corrected chi connectivity index (χ1v) is 13.5. The molecule has 186 valence electrons. The van der Waals surface area contributed by atoms with E-state index in [0.717, 1.165) is 0 Å².